The minimum atomic E-state index is 1.05. The predicted molar refractivity (Wildman–Crippen MR) is 86.3 cm³/mol. The Labute approximate surface area is 115 Å². The molecule has 0 aliphatic heterocycles. The van der Waals surface area contributed by atoms with Crippen LogP contribution in [0.1, 0.15) is 6.42 Å². The molecule has 0 spiro atoms. The second-order valence-corrected chi connectivity index (χ2v) is 5.80. The molecule has 3 heteroatoms. The van der Waals surface area contributed by atoms with Crippen molar-refractivity contribution in [1.29, 1.82) is 0 Å². The van der Waals surface area contributed by atoms with E-state index in [0.29, 0.717) is 0 Å². The number of nitrogens with zero attached hydrogens (tertiary/aromatic N) is 1. The molecule has 1 nitrogen and oxygen atoms in total. The summed E-state index contributed by atoms with van der Waals surface area (Å²) in [4.78, 5) is 2.53. The summed E-state index contributed by atoms with van der Waals surface area (Å²) in [5.74, 6) is 2.42. The van der Waals surface area contributed by atoms with Gasteiger partial charge in [-0.25, -0.2) is 0 Å². The zero-order valence-electron chi connectivity index (χ0n) is 11.2. The van der Waals surface area contributed by atoms with Crippen molar-refractivity contribution in [2.24, 2.45) is 0 Å². The summed E-state index contributed by atoms with van der Waals surface area (Å²) < 4.78 is 0. The highest BCUT2D eigenvalue weighted by Gasteiger charge is 2.03. The molecule has 0 radical (unpaired) electrons. The average Bonchev–Trinajstić information content (AvgIpc) is 2.35. The van der Waals surface area contributed by atoms with Crippen LogP contribution in [0.25, 0.3) is 0 Å². The molecule has 0 aromatic heterocycles. The number of rotatable bonds is 11. The first kappa shape index (κ1) is 16.9. The van der Waals surface area contributed by atoms with Gasteiger partial charge in [0, 0.05) is 31.1 Å². The molecule has 0 rings (SSSR count). The van der Waals surface area contributed by atoms with E-state index in [-0.39, 0.29) is 0 Å². The normalized spacial score (nSPS) is 11.2. The second-order valence-electron chi connectivity index (χ2n) is 3.83. The van der Waals surface area contributed by atoms with Gasteiger partial charge in [-0.1, -0.05) is 37.0 Å². The van der Waals surface area contributed by atoms with Gasteiger partial charge < -0.3 is 4.90 Å². The largest absolute Gasteiger partial charge is 0.301 e. The van der Waals surface area contributed by atoms with Gasteiger partial charge in [0.2, 0.25) is 0 Å². The third kappa shape index (κ3) is 10.7. The van der Waals surface area contributed by atoms with E-state index in [1.807, 2.05) is 35.7 Å². The Kier molecular flexibility index (Phi) is 12.3. The molecule has 0 aromatic rings. The van der Waals surface area contributed by atoms with Gasteiger partial charge in [0.15, 0.2) is 0 Å². The zero-order valence-corrected chi connectivity index (χ0v) is 12.8. The molecule has 0 aromatic carbocycles. The van der Waals surface area contributed by atoms with E-state index >= 15 is 0 Å². The third-order valence-electron chi connectivity index (χ3n) is 2.44. The lowest BCUT2D eigenvalue weighted by atomic mass is 10.2. The molecule has 0 aliphatic carbocycles. The lowest BCUT2D eigenvalue weighted by molar-refractivity contribution is 0.314. The third-order valence-corrected chi connectivity index (χ3v) is 3.62. The maximum Gasteiger partial charge on any atom is 0.00727 e. The smallest absolute Gasteiger partial charge is 0.00727 e. The molecule has 98 valence electrons. The molecule has 0 unspecified atom stereocenters. The Morgan fingerprint density at radius 3 is 2.18 bits per heavy atom. The molecular weight excluding hydrogens is 246 g/mol. The molecule has 17 heavy (non-hydrogen) atoms. The SMILES string of the molecule is C=CC=CC(=C)CCN(CCSC)CCSC. The first-order chi connectivity index (χ1) is 8.24. The molecule has 0 saturated carbocycles. The second kappa shape index (κ2) is 12.3. The van der Waals surface area contributed by atoms with E-state index in [0.717, 1.165) is 13.0 Å². The highest BCUT2D eigenvalue weighted by Crippen LogP contribution is 2.05. The highest BCUT2D eigenvalue weighted by atomic mass is 32.2. The summed E-state index contributed by atoms with van der Waals surface area (Å²) in [7, 11) is 0. The highest BCUT2D eigenvalue weighted by molar-refractivity contribution is 7.98. The standard InChI is InChI=1S/C14H25NS2/c1-5-6-7-14(2)8-9-15(10-12-16-3)11-13-17-4/h5-7H,1-2,8-13H2,3-4H3. The van der Waals surface area contributed by atoms with Crippen molar-refractivity contribution >= 4 is 23.5 Å². The van der Waals surface area contributed by atoms with Gasteiger partial charge in [0.1, 0.15) is 0 Å². The molecule has 0 N–H and O–H groups in total. The van der Waals surface area contributed by atoms with Gasteiger partial charge in [-0.05, 0) is 18.9 Å². The van der Waals surface area contributed by atoms with Crippen LogP contribution in [0, 0.1) is 0 Å². The van der Waals surface area contributed by atoms with Crippen LogP contribution in [0.3, 0.4) is 0 Å². The minimum Gasteiger partial charge on any atom is -0.301 e. The number of hydrogen-bond donors (Lipinski definition) is 0. The molecule has 0 heterocycles. The van der Waals surface area contributed by atoms with Crippen LogP contribution >= 0.6 is 23.5 Å². The summed E-state index contributed by atoms with van der Waals surface area (Å²) in [5, 5.41) is 0. The Bertz CT molecular complexity index is 228. The van der Waals surface area contributed by atoms with Crippen LogP contribution < -0.4 is 0 Å². The van der Waals surface area contributed by atoms with E-state index in [2.05, 4.69) is 30.6 Å². The van der Waals surface area contributed by atoms with E-state index in [1.165, 1.54) is 30.2 Å². The van der Waals surface area contributed by atoms with Crippen molar-refractivity contribution in [3.63, 3.8) is 0 Å². The Morgan fingerprint density at radius 2 is 1.71 bits per heavy atom. The Hall–Kier alpha value is -0.120. The predicted octanol–water partition coefficient (Wildman–Crippen LogP) is 3.70. The van der Waals surface area contributed by atoms with Gasteiger partial charge in [-0.15, -0.1) is 0 Å². The number of hydrogen-bond acceptors (Lipinski definition) is 3. The van der Waals surface area contributed by atoms with E-state index in [1.54, 1.807) is 6.08 Å². The molecule has 0 amide bonds. The van der Waals surface area contributed by atoms with Crippen LogP contribution in [0.4, 0.5) is 0 Å². The molecular formula is C14H25NS2. The van der Waals surface area contributed by atoms with E-state index < -0.39 is 0 Å². The summed E-state index contributed by atoms with van der Waals surface area (Å²) in [6.45, 7) is 11.2. The van der Waals surface area contributed by atoms with Crippen molar-refractivity contribution in [3.8, 4) is 0 Å². The Balaban J connectivity index is 3.91. The lowest BCUT2D eigenvalue weighted by Gasteiger charge is -2.21. The van der Waals surface area contributed by atoms with Crippen LogP contribution in [0.5, 0.6) is 0 Å². The van der Waals surface area contributed by atoms with Crippen molar-refractivity contribution < 1.29 is 0 Å². The molecule has 0 atom stereocenters. The first-order valence-corrected chi connectivity index (χ1v) is 8.70. The minimum absolute atomic E-state index is 1.05. The van der Waals surface area contributed by atoms with Crippen molar-refractivity contribution in [3.05, 3.63) is 37.0 Å². The summed E-state index contributed by atoms with van der Waals surface area (Å²) in [5.41, 5.74) is 1.18. The summed E-state index contributed by atoms with van der Waals surface area (Å²) in [6.07, 6.45) is 11.2. The fourth-order valence-electron chi connectivity index (χ4n) is 1.37. The lowest BCUT2D eigenvalue weighted by Crippen LogP contribution is -2.29. The maximum absolute atomic E-state index is 4.05. The van der Waals surface area contributed by atoms with Gasteiger partial charge in [-0.3, -0.25) is 0 Å². The summed E-state index contributed by atoms with van der Waals surface area (Å²) >= 11 is 3.83. The number of allylic oxidation sites excluding steroid dienone is 3. The first-order valence-electron chi connectivity index (χ1n) is 5.91. The van der Waals surface area contributed by atoms with Crippen LogP contribution in [-0.2, 0) is 0 Å². The molecule has 0 aliphatic rings. The van der Waals surface area contributed by atoms with Gasteiger partial charge in [0.05, 0.1) is 0 Å². The van der Waals surface area contributed by atoms with Crippen molar-refractivity contribution in [2.75, 3.05) is 43.7 Å². The fraction of sp³-hybridized carbons (Fsp3) is 0.571. The quantitative estimate of drug-likeness (QED) is 0.528. The van der Waals surface area contributed by atoms with Crippen LogP contribution in [-0.4, -0.2) is 48.6 Å². The maximum atomic E-state index is 4.05. The van der Waals surface area contributed by atoms with E-state index in [9.17, 15) is 0 Å². The Morgan fingerprint density at radius 1 is 1.12 bits per heavy atom. The van der Waals surface area contributed by atoms with Gasteiger partial charge in [0.25, 0.3) is 0 Å². The molecule has 0 saturated heterocycles. The van der Waals surface area contributed by atoms with Crippen LogP contribution in [0.15, 0.2) is 37.0 Å². The average molecular weight is 271 g/mol. The molecule has 0 fully saturated rings. The molecule has 0 bridgehead atoms. The number of thioether (sulfide) groups is 2. The van der Waals surface area contributed by atoms with Crippen LogP contribution in [0.2, 0.25) is 0 Å². The van der Waals surface area contributed by atoms with Gasteiger partial charge >= 0.3 is 0 Å². The monoisotopic (exact) mass is 271 g/mol. The fourth-order valence-corrected chi connectivity index (χ4v) is 2.25. The van der Waals surface area contributed by atoms with Crippen molar-refractivity contribution in [2.45, 2.75) is 6.42 Å². The van der Waals surface area contributed by atoms with Crippen molar-refractivity contribution in [1.82, 2.24) is 4.90 Å². The van der Waals surface area contributed by atoms with Gasteiger partial charge in [-0.2, -0.15) is 23.5 Å². The zero-order chi connectivity index (χ0) is 12.9. The summed E-state index contributed by atoms with van der Waals surface area (Å²) in [6, 6.07) is 0. The topological polar surface area (TPSA) is 3.24 Å². The van der Waals surface area contributed by atoms with E-state index in [4.69, 9.17) is 0 Å².